The number of anilines is 2. The number of nitrogen functional groups attached to an aromatic ring is 1. The quantitative estimate of drug-likeness (QED) is 0.0209. The number of rotatable bonds is 26. The number of carboxylic acids is 1. The van der Waals surface area contributed by atoms with E-state index in [1.54, 1.807) is 55.6 Å². The zero-order valence-electron chi connectivity index (χ0n) is 34.4. The van der Waals surface area contributed by atoms with Gasteiger partial charge >= 0.3 is 11.9 Å². The van der Waals surface area contributed by atoms with Gasteiger partial charge < -0.3 is 25.5 Å². The zero-order valence-corrected chi connectivity index (χ0v) is 34.4. The van der Waals surface area contributed by atoms with Crippen LogP contribution in [0.3, 0.4) is 0 Å². The largest absolute Gasteiger partial charge is 0.481 e. The number of amidine groups is 1. The van der Waals surface area contributed by atoms with E-state index >= 15 is 0 Å². The molecule has 1 amide bonds. The number of ether oxygens (including phenoxy) is 1. The van der Waals surface area contributed by atoms with E-state index in [9.17, 15) is 14.4 Å². The summed E-state index contributed by atoms with van der Waals surface area (Å²) in [6, 6.07) is 18.0. The van der Waals surface area contributed by atoms with Crippen molar-refractivity contribution in [2.24, 2.45) is 12.8 Å². The van der Waals surface area contributed by atoms with Gasteiger partial charge in [-0.2, -0.15) is 0 Å². The Kier molecular flexibility index (Phi) is 21.5. The Morgan fingerprint density at radius 2 is 1.40 bits per heavy atom. The number of imidazole rings is 1. The molecular formula is C45H65N7O5. The SMILES string of the molecule is CCCCCCCCCCCCCCCCCC(=O)O.CCOC(=O)CCN(C(=O)c1ccc2c(c1)nc(CNc1ccc(C(=N)N)cc1)n2C)c1ccccn1. The highest BCUT2D eigenvalue weighted by Gasteiger charge is 2.21. The molecule has 0 bridgehead atoms. The van der Waals surface area contributed by atoms with Crippen molar-refractivity contribution < 1.29 is 24.2 Å². The lowest BCUT2D eigenvalue weighted by atomic mass is 10.0. The molecule has 0 spiro atoms. The van der Waals surface area contributed by atoms with Gasteiger partial charge in [-0.3, -0.25) is 24.7 Å². The number of aryl methyl sites for hydroxylation is 1. The standard InChI is InChI=1S/C27H29N7O3.C18H36O2/c1-3-37-25(35)13-15-34(23-6-4-5-14-30-23)27(36)19-9-12-22-21(16-19)32-24(33(22)2)17-31-20-10-7-18(8-11-20)26(28)29;1-2-3-4-5-6-7-8-9-10-11-12-13-14-15-16-17-18(19)20/h4-12,14,16,31H,3,13,15,17H2,1-2H3,(H3,28,29);2-17H2,1H3,(H,19,20). The first-order valence-corrected chi connectivity index (χ1v) is 20.9. The third-order valence-corrected chi connectivity index (χ3v) is 9.88. The maximum absolute atomic E-state index is 13.5. The van der Waals surface area contributed by atoms with Gasteiger partial charge in [-0.05, 0) is 67.9 Å². The number of esters is 1. The lowest BCUT2D eigenvalue weighted by Gasteiger charge is -2.21. The van der Waals surface area contributed by atoms with Crippen LogP contribution in [0, 0.1) is 5.41 Å². The van der Waals surface area contributed by atoms with Gasteiger partial charge in [-0.25, -0.2) is 9.97 Å². The summed E-state index contributed by atoms with van der Waals surface area (Å²) >= 11 is 0. The normalized spacial score (nSPS) is 10.8. The van der Waals surface area contributed by atoms with Crippen molar-refractivity contribution in [1.29, 1.82) is 5.41 Å². The second-order valence-corrected chi connectivity index (χ2v) is 14.4. The van der Waals surface area contributed by atoms with Gasteiger partial charge in [0.15, 0.2) is 0 Å². The van der Waals surface area contributed by atoms with Gasteiger partial charge in [0.25, 0.3) is 5.91 Å². The Bertz CT molecular complexity index is 1790. The first-order valence-electron chi connectivity index (χ1n) is 20.9. The zero-order chi connectivity index (χ0) is 41.3. The summed E-state index contributed by atoms with van der Waals surface area (Å²) in [5, 5.41) is 19.3. The van der Waals surface area contributed by atoms with Crippen molar-refractivity contribution in [3.8, 4) is 0 Å². The lowest BCUT2D eigenvalue weighted by Crippen LogP contribution is -2.34. The highest BCUT2D eigenvalue weighted by molar-refractivity contribution is 6.07. The molecule has 0 saturated carbocycles. The molecule has 310 valence electrons. The molecule has 0 fully saturated rings. The number of hydrogen-bond acceptors (Lipinski definition) is 8. The van der Waals surface area contributed by atoms with Crippen LogP contribution in [0.5, 0.6) is 0 Å². The Morgan fingerprint density at radius 1 is 0.807 bits per heavy atom. The van der Waals surface area contributed by atoms with Crippen LogP contribution in [0.15, 0.2) is 66.9 Å². The van der Waals surface area contributed by atoms with Gasteiger partial charge in [0, 0.05) is 43.0 Å². The fourth-order valence-corrected chi connectivity index (χ4v) is 6.56. The molecule has 12 nitrogen and oxygen atoms in total. The van der Waals surface area contributed by atoms with E-state index in [-0.39, 0.29) is 37.3 Å². The topological polar surface area (TPSA) is 177 Å². The summed E-state index contributed by atoms with van der Waals surface area (Å²) in [6.45, 7) is 4.91. The van der Waals surface area contributed by atoms with E-state index < -0.39 is 5.97 Å². The highest BCUT2D eigenvalue weighted by Crippen LogP contribution is 2.22. The molecule has 2 aromatic carbocycles. The second kappa shape index (κ2) is 26.6. The number of unbranched alkanes of at least 4 members (excludes halogenated alkanes) is 14. The molecule has 0 atom stereocenters. The molecule has 0 radical (unpaired) electrons. The first kappa shape index (κ1) is 46.1. The Balaban J connectivity index is 0.000000371. The van der Waals surface area contributed by atoms with Gasteiger partial charge in [0.05, 0.1) is 30.6 Å². The number of carbonyl (C=O) groups excluding carboxylic acids is 2. The minimum absolute atomic E-state index is 0.0229. The van der Waals surface area contributed by atoms with Crippen molar-refractivity contribution in [1.82, 2.24) is 14.5 Å². The predicted octanol–water partition coefficient (Wildman–Crippen LogP) is 9.80. The number of nitrogens with zero attached hydrogens (tertiary/aromatic N) is 4. The summed E-state index contributed by atoms with van der Waals surface area (Å²) in [6.07, 6.45) is 21.9. The van der Waals surface area contributed by atoms with Crippen molar-refractivity contribution >= 4 is 46.2 Å². The van der Waals surface area contributed by atoms with Crippen LogP contribution in [-0.2, 0) is 27.9 Å². The van der Waals surface area contributed by atoms with E-state index in [0.29, 0.717) is 35.4 Å². The van der Waals surface area contributed by atoms with Crippen LogP contribution in [0.4, 0.5) is 11.5 Å². The fraction of sp³-hybridized carbons (Fsp3) is 0.511. The number of aliphatic carboxylic acids is 1. The molecule has 2 heterocycles. The summed E-state index contributed by atoms with van der Waals surface area (Å²) in [5.74, 6) is -0.0301. The van der Waals surface area contributed by atoms with Crippen LogP contribution in [0.2, 0.25) is 0 Å². The number of carbonyl (C=O) groups is 3. The molecular weight excluding hydrogens is 719 g/mol. The molecule has 4 rings (SSSR count). The van der Waals surface area contributed by atoms with Crippen LogP contribution in [0.25, 0.3) is 11.0 Å². The van der Waals surface area contributed by atoms with Crippen molar-refractivity contribution in [3.05, 3.63) is 83.8 Å². The van der Waals surface area contributed by atoms with Gasteiger partial charge in [-0.1, -0.05) is 103 Å². The summed E-state index contributed by atoms with van der Waals surface area (Å²) in [5.41, 5.74) is 9.07. The minimum atomic E-state index is -0.653. The molecule has 5 N–H and O–H groups in total. The monoisotopic (exact) mass is 784 g/mol. The van der Waals surface area contributed by atoms with Crippen molar-refractivity contribution in [2.75, 3.05) is 23.4 Å². The number of hydrogen-bond donors (Lipinski definition) is 4. The molecule has 0 unspecified atom stereocenters. The van der Waals surface area contributed by atoms with Crippen LogP contribution in [0.1, 0.15) is 145 Å². The Hall–Kier alpha value is -5.26. The number of fused-ring (bicyclic) bond motifs is 1. The molecule has 57 heavy (non-hydrogen) atoms. The highest BCUT2D eigenvalue weighted by atomic mass is 16.5. The second-order valence-electron chi connectivity index (χ2n) is 14.4. The maximum atomic E-state index is 13.5. The number of nitrogens with one attached hydrogen (secondary N) is 2. The minimum Gasteiger partial charge on any atom is -0.481 e. The number of benzene rings is 2. The third kappa shape index (κ3) is 17.2. The average Bonchev–Trinajstić information content (AvgIpc) is 3.53. The molecule has 0 saturated heterocycles. The summed E-state index contributed by atoms with van der Waals surface area (Å²) < 4.78 is 7.00. The molecule has 0 aliphatic rings. The predicted molar refractivity (Wildman–Crippen MR) is 230 cm³/mol. The first-order chi connectivity index (χ1) is 27.6. The van der Waals surface area contributed by atoms with E-state index in [2.05, 4.69) is 17.2 Å². The van der Waals surface area contributed by atoms with Gasteiger partial charge in [-0.15, -0.1) is 0 Å². The molecule has 12 heteroatoms. The maximum Gasteiger partial charge on any atom is 0.307 e. The Morgan fingerprint density at radius 3 is 1.95 bits per heavy atom. The average molecular weight is 784 g/mol. The van der Waals surface area contributed by atoms with E-state index in [4.69, 9.17) is 26.0 Å². The fourth-order valence-electron chi connectivity index (χ4n) is 6.56. The molecule has 2 aromatic heterocycles. The number of carboxylic acid groups (broad SMARTS) is 1. The number of amides is 1. The summed E-state index contributed by atoms with van der Waals surface area (Å²) in [4.78, 5) is 46.3. The van der Waals surface area contributed by atoms with E-state index in [1.165, 1.54) is 88.4 Å². The van der Waals surface area contributed by atoms with E-state index in [0.717, 1.165) is 29.9 Å². The van der Waals surface area contributed by atoms with Gasteiger partial charge in [0.2, 0.25) is 0 Å². The van der Waals surface area contributed by atoms with Crippen molar-refractivity contribution in [3.63, 3.8) is 0 Å². The van der Waals surface area contributed by atoms with E-state index in [1.807, 2.05) is 29.8 Å². The molecule has 4 aromatic rings. The van der Waals surface area contributed by atoms with Gasteiger partial charge in [0.1, 0.15) is 17.5 Å². The number of aromatic nitrogens is 3. The van der Waals surface area contributed by atoms with Crippen LogP contribution >= 0.6 is 0 Å². The Labute approximate surface area is 339 Å². The summed E-state index contributed by atoms with van der Waals surface area (Å²) in [7, 11) is 1.92. The smallest absolute Gasteiger partial charge is 0.307 e. The van der Waals surface area contributed by atoms with Crippen LogP contribution in [-0.4, -0.2) is 56.5 Å². The lowest BCUT2D eigenvalue weighted by molar-refractivity contribution is -0.143. The van der Waals surface area contributed by atoms with Crippen molar-refractivity contribution in [2.45, 2.75) is 130 Å². The number of nitrogens with two attached hydrogens (primary N) is 1. The molecule has 0 aliphatic heterocycles. The van der Waals surface area contributed by atoms with Crippen LogP contribution < -0.4 is 16.0 Å². The third-order valence-electron chi connectivity index (χ3n) is 9.88. The number of pyridine rings is 1. The molecule has 0 aliphatic carbocycles.